The molecule has 0 amide bonds. The minimum atomic E-state index is -0.811. The van der Waals surface area contributed by atoms with Crippen LogP contribution in [0.3, 0.4) is 0 Å². The molecule has 0 aromatic heterocycles. The summed E-state index contributed by atoms with van der Waals surface area (Å²) in [6.45, 7) is 7.14. The second-order valence-corrected chi connectivity index (χ2v) is 9.29. The Bertz CT molecular complexity index is 613. The Balaban J connectivity index is 1.56. The van der Waals surface area contributed by atoms with Gasteiger partial charge in [-0.1, -0.05) is 46.1 Å². The molecular formula is C25H38F2O. The van der Waals surface area contributed by atoms with Crippen LogP contribution >= 0.6 is 0 Å². The van der Waals surface area contributed by atoms with Crippen molar-refractivity contribution in [1.29, 1.82) is 0 Å². The van der Waals surface area contributed by atoms with Crippen molar-refractivity contribution in [1.82, 2.24) is 0 Å². The van der Waals surface area contributed by atoms with Gasteiger partial charge < -0.3 is 4.74 Å². The zero-order chi connectivity index (χ0) is 20.1. The highest BCUT2D eigenvalue weighted by Crippen LogP contribution is 2.45. The molecule has 0 bridgehead atoms. The molecule has 0 saturated heterocycles. The van der Waals surface area contributed by atoms with Crippen molar-refractivity contribution in [2.75, 3.05) is 6.61 Å². The summed E-state index contributed by atoms with van der Waals surface area (Å²) in [6.07, 6.45) is 11.9. The van der Waals surface area contributed by atoms with E-state index in [-0.39, 0.29) is 11.7 Å². The Kier molecular flexibility index (Phi) is 7.77. The van der Waals surface area contributed by atoms with Crippen LogP contribution < -0.4 is 4.74 Å². The van der Waals surface area contributed by atoms with E-state index in [1.807, 2.05) is 6.92 Å². The monoisotopic (exact) mass is 392 g/mol. The van der Waals surface area contributed by atoms with Gasteiger partial charge >= 0.3 is 0 Å². The number of benzene rings is 1. The van der Waals surface area contributed by atoms with Crippen LogP contribution in [0.25, 0.3) is 0 Å². The van der Waals surface area contributed by atoms with Crippen molar-refractivity contribution >= 4 is 0 Å². The standard InChI is InChI=1S/C25H38F2O/c1-4-16-28-23-15-14-22(24(26)25(23)27)21-12-10-20(11-13-21)17(3)19-8-6-18(5-2)7-9-19/h14-15,17-21H,4-13,16H2,1-3H3. The Morgan fingerprint density at radius 3 is 2.07 bits per heavy atom. The third-order valence-electron chi connectivity index (χ3n) is 7.71. The number of ether oxygens (including phenoxy) is 1. The fraction of sp³-hybridized carbons (Fsp3) is 0.760. The third kappa shape index (κ3) is 4.89. The molecule has 28 heavy (non-hydrogen) atoms. The topological polar surface area (TPSA) is 9.23 Å². The van der Waals surface area contributed by atoms with Crippen molar-refractivity contribution in [3.8, 4) is 5.75 Å². The van der Waals surface area contributed by atoms with E-state index in [9.17, 15) is 8.78 Å². The molecule has 0 heterocycles. The van der Waals surface area contributed by atoms with Crippen LogP contribution in [0, 0.1) is 35.3 Å². The van der Waals surface area contributed by atoms with Gasteiger partial charge in [0.15, 0.2) is 11.6 Å². The molecule has 0 radical (unpaired) electrons. The Labute approximate surface area is 170 Å². The summed E-state index contributed by atoms with van der Waals surface area (Å²) in [5.41, 5.74) is 0.552. The molecule has 2 fully saturated rings. The van der Waals surface area contributed by atoms with Gasteiger partial charge in [-0.15, -0.1) is 0 Å². The van der Waals surface area contributed by atoms with Crippen LogP contribution in [0.2, 0.25) is 0 Å². The average Bonchev–Trinajstić information content (AvgIpc) is 2.74. The predicted octanol–water partition coefficient (Wildman–Crippen LogP) is 7.88. The smallest absolute Gasteiger partial charge is 0.200 e. The molecule has 1 unspecified atom stereocenters. The lowest BCUT2D eigenvalue weighted by molar-refractivity contribution is 0.133. The first-order chi connectivity index (χ1) is 13.5. The molecule has 158 valence electrons. The van der Waals surface area contributed by atoms with E-state index in [0.717, 1.165) is 55.8 Å². The molecule has 0 N–H and O–H groups in total. The van der Waals surface area contributed by atoms with E-state index in [1.165, 1.54) is 32.1 Å². The lowest BCUT2D eigenvalue weighted by Gasteiger charge is -2.39. The highest BCUT2D eigenvalue weighted by molar-refractivity contribution is 5.33. The summed E-state index contributed by atoms with van der Waals surface area (Å²) in [7, 11) is 0. The lowest BCUT2D eigenvalue weighted by Crippen LogP contribution is -2.28. The zero-order valence-electron chi connectivity index (χ0n) is 18.0. The number of rotatable bonds is 7. The molecule has 3 heteroatoms. The lowest BCUT2D eigenvalue weighted by atomic mass is 9.66. The summed E-state index contributed by atoms with van der Waals surface area (Å²) >= 11 is 0. The fourth-order valence-electron chi connectivity index (χ4n) is 5.65. The van der Waals surface area contributed by atoms with E-state index in [4.69, 9.17) is 4.74 Å². The van der Waals surface area contributed by atoms with E-state index < -0.39 is 11.6 Å². The maximum atomic E-state index is 14.6. The maximum Gasteiger partial charge on any atom is 0.200 e. The summed E-state index contributed by atoms with van der Waals surface area (Å²) in [6, 6.07) is 3.37. The molecule has 2 saturated carbocycles. The molecule has 1 atom stereocenters. The van der Waals surface area contributed by atoms with Crippen LogP contribution in [0.15, 0.2) is 12.1 Å². The molecule has 0 spiro atoms. The summed E-state index contributed by atoms with van der Waals surface area (Å²) in [5, 5.41) is 0. The number of halogens is 2. The normalized spacial score (nSPS) is 29.5. The van der Waals surface area contributed by atoms with E-state index in [2.05, 4.69) is 13.8 Å². The van der Waals surface area contributed by atoms with Gasteiger partial charge in [0.1, 0.15) is 0 Å². The van der Waals surface area contributed by atoms with Gasteiger partial charge in [-0.05, 0) is 86.2 Å². The van der Waals surface area contributed by atoms with Gasteiger partial charge in [0, 0.05) is 0 Å². The average molecular weight is 393 g/mol. The van der Waals surface area contributed by atoms with Crippen molar-refractivity contribution in [2.24, 2.45) is 23.7 Å². The van der Waals surface area contributed by atoms with E-state index >= 15 is 0 Å². The van der Waals surface area contributed by atoms with Crippen LogP contribution in [-0.4, -0.2) is 6.61 Å². The number of hydrogen-bond donors (Lipinski definition) is 0. The predicted molar refractivity (Wildman–Crippen MR) is 112 cm³/mol. The molecule has 2 aliphatic rings. The van der Waals surface area contributed by atoms with Gasteiger partial charge in [0.2, 0.25) is 5.82 Å². The van der Waals surface area contributed by atoms with Crippen LogP contribution in [-0.2, 0) is 0 Å². The summed E-state index contributed by atoms with van der Waals surface area (Å²) in [5.74, 6) is 2.03. The van der Waals surface area contributed by atoms with E-state index in [1.54, 1.807) is 12.1 Å². The quantitative estimate of drug-likeness (QED) is 0.458. The molecular weight excluding hydrogens is 354 g/mol. The van der Waals surface area contributed by atoms with Crippen molar-refractivity contribution < 1.29 is 13.5 Å². The first-order valence-corrected chi connectivity index (χ1v) is 11.7. The minimum Gasteiger partial charge on any atom is -0.490 e. The fourth-order valence-corrected chi connectivity index (χ4v) is 5.65. The van der Waals surface area contributed by atoms with Crippen LogP contribution in [0.1, 0.15) is 96.5 Å². The summed E-state index contributed by atoms with van der Waals surface area (Å²) < 4.78 is 34.3. The highest BCUT2D eigenvalue weighted by Gasteiger charge is 2.33. The van der Waals surface area contributed by atoms with Gasteiger partial charge in [0.05, 0.1) is 6.61 Å². The van der Waals surface area contributed by atoms with Crippen molar-refractivity contribution in [3.05, 3.63) is 29.3 Å². The molecule has 1 aromatic rings. The van der Waals surface area contributed by atoms with Gasteiger partial charge in [-0.2, -0.15) is 4.39 Å². The Morgan fingerprint density at radius 1 is 0.893 bits per heavy atom. The molecule has 2 aliphatic carbocycles. The van der Waals surface area contributed by atoms with Crippen LogP contribution in [0.4, 0.5) is 8.78 Å². The minimum absolute atomic E-state index is 0.0492. The second kappa shape index (κ2) is 10.1. The first kappa shape index (κ1) is 21.6. The SMILES string of the molecule is CCCOc1ccc(C2CCC(C(C)C3CCC(CC)CC3)CC2)c(F)c1F. The van der Waals surface area contributed by atoms with Gasteiger partial charge in [-0.3, -0.25) is 0 Å². The largest absolute Gasteiger partial charge is 0.490 e. The molecule has 0 aliphatic heterocycles. The van der Waals surface area contributed by atoms with Crippen molar-refractivity contribution in [3.63, 3.8) is 0 Å². The van der Waals surface area contributed by atoms with E-state index in [0.29, 0.717) is 12.2 Å². The first-order valence-electron chi connectivity index (χ1n) is 11.7. The Morgan fingerprint density at radius 2 is 1.50 bits per heavy atom. The molecule has 1 aromatic carbocycles. The molecule has 3 rings (SSSR count). The molecule has 1 nitrogen and oxygen atoms in total. The second-order valence-electron chi connectivity index (χ2n) is 9.29. The van der Waals surface area contributed by atoms with Gasteiger partial charge in [0.25, 0.3) is 0 Å². The highest BCUT2D eigenvalue weighted by atomic mass is 19.2. The van der Waals surface area contributed by atoms with Crippen molar-refractivity contribution in [2.45, 2.75) is 90.9 Å². The third-order valence-corrected chi connectivity index (χ3v) is 7.71. The van der Waals surface area contributed by atoms with Gasteiger partial charge in [-0.25, -0.2) is 4.39 Å². The zero-order valence-corrected chi connectivity index (χ0v) is 18.0. The summed E-state index contributed by atoms with van der Waals surface area (Å²) in [4.78, 5) is 0. The Hall–Kier alpha value is -1.12. The number of hydrogen-bond acceptors (Lipinski definition) is 1. The maximum absolute atomic E-state index is 14.6. The van der Waals surface area contributed by atoms with Crippen LogP contribution in [0.5, 0.6) is 5.75 Å².